The molecule has 1 heterocycles. The molecule has 0 amide bonds. The lowest BCUT2D eigenvalue weighted by molar-refractivity contribution is 0.0277. The molecular formula is C21H43N5O. The average Bonchev–Trinajstić information content (AvgIpc) is 2.71. The van der Waals surface area contributed by atoms with E-state index in [1.54, 1.807) is 0 Å². The van der Waals surface area contributed by atoms with E-state index < -0.39 is 0 Å². The van der Waals surface area contributed by atoms with Gasteiger partial charge in [0.05, 0.1) is 6.10 Å². The van der Waals surface area contributed by atoms with Crippen LogP contribution in [-0.4, -0.2) is 87.9 Å². The standard InChI is InChI=1S/C21H43N5O/c1-4-25-12-14-26(15-13-25)18-19(2)17-24-21(22-3)23-11-8-16-27-20-9-6-5-7-10-20/h19-20H,4-18H2,1-3H3,(H2,22,23,24). The molecule has 0 spiro atoms. The first-order valence-corrected chi connectivity index (χ1v) is 11.2. The van der Waals surface area contributed by atoms with Gasteiger partial charge in [0.15, 0.2) is 5.96 Å². The summed E-state index contributed by atoms with van der Waals surface area (Å²) in [5.74, 6) is 1.53. The second-order valence-corrected chi connectivity index (χ2v) is 8.20. The van der Waals surface area contributed by atoms with E-state index in [4.69, 9.17) is 4.74 Å². The summed E-state index contributed by atoms with van der Waals surface area (Å²) >= 11 is 0. The Bertz CT molecular complexity index is 403. The molecule has 2 aliphatic rings. The summed E-state index contributed by atoms with van der Waals surface area (Å²) in [5, 5.41) is 6.90. The summed E-state index contributed by atoms with van der Waals surface area (Å²) in [4.78, 5) is 9.47. The van der Waals surface area contributed by atoms with Crippen LogP contribution in [0.1, 0.15) is 52.4 Å². The Labute approximate surface area is 167 Å². The topological polar surface area (TPSA) is 52.1 Å². The molecule has 2 fully saturated rings. The minimum atomic E-state index is 0.510. The quantitative estimate of drug-likeness (QED) is 0.345. The van der Waals surface area contributed by atoms with Gasteiger partial charge in [0.25, 0.3) is 0 Å². The van der Waals surface area contributed by atoms with Crippen molar-refractivity contribution in [2.24, 2.45) is 10.9 Å². The van der Waals surface area contributed by atoms with E-state index in [1.807, 2.05) is 7.05 Å². The van der Waals surface area contributed by atoms with Gasteiger partial charge in [-0.25, -0.2) is 0 Å². The molecule has 0 bridgehead atoms. The first-order valence-electron chi connectivity index (χ1n) is 11.2. The average molecular weight is 382 g/mol. The van der Waals surface area contributed by atoms with Crippen LogP contribution in [-0.2, 0) is 4.74 Å². The van der Waals surface area contributed by atoms with Gasteiger partial charge >= 0.3 is 0 Å². The molecule has 1 aliphatic heterocycles. The van der Waals surface area contributed by atoms with Crippen molar-refractivity contribution >= 4 is 5.96 Å². The van der Waals surface area contributed by atoms with Crippen LogP contribution < -0.4 is 10.6 Å². The zero-order valence-electron chi connectivity index (χ0n) is 18.0. The van der Waals surface area contributed by atoms with Crippen molar-refractivity contribution in [3.8, 4) is 0 Å². The Balaban J connectivity index is 1.50. The van der Waals surface area contributed by atoms with Crippen molar-refractivity contribution in [3.05, 3.63) is 0 Å². The molecule has 0 radical (unpaired) electrons. The van der Waals surface area contributed by atoms with E-state index in [0.717, 1.165) is 38.6 Å². The lowest BCUT2D eigenvalue weighted by Crippen LogP contribution is -2.48. The second-order valence-electron chi connectivity index (χ2n) is 8.20. The lowest BCUT2D eigenvalue weighted by atomic mass is 9.98. The predicted molar refractivity (Wildman–Crippen MR) is 115 cm³/mol. The minimum absolute atomic E-state index is 0.510. The van der Waals surface area contributed by atoms with Crippen molar-refractivity contribution < 1.29 is 4.74 Å². The van der Waals surface area contributed by atoms with E-state index >= 15 is 0 Å². The van der Waals surface area contributed by atoms with E-state index in [-0.39, 0.29) is 0 Å². The van der Waals surface area contributed by atoms with E-state index in [1.165, 1.54) is 64.8 Å². The van der Waals surface area contributed by atoms with Gasteiger partial charge in [-0.3, -0.25) is 4.99 Å². The molecule has 27 heavy (non-hydrogen) atoms. The zero-order chi connectivity index (χ0) is 19.3. The number of nitrogens with one attached hydrogen (secondary N) is 2. The van der Waals surface area contributed by atoms with Gasteiger partial charge < -0.3 is 25.2 Å². The normalized spacial score (nSPS) is 22.0. The molecule has 158 valence electrons. The molecule has 6 nitrogen and oxygen atoms in total. The van der Waals surface area contributed by atoms with Crippen LogP contribution in [0.2, 0.25) is 0 Å². The molecule has 1 saturated carbocycles. The molecule has 6 heteroatoms. The van der Waals surface area contributed by atoms with Gasteiger partial charge in [0.1, 0.15) is 0 Å². The summed E-state index contributed by atoms with van der Waals surface area (Å²) in [6.07, 6.45) is 8.11. The van der Waals surface area contributed by atoms with Crippen molar-refractivity contribution in [3.63, 3.8) is 0 Å². The third-order valence-electron chi connectivity index (χ3n) is 5.84. The largest absolute Gasteiger partial charge is 0.378 e. The molecule has 1 aliphatic carbocycles. The highest BCUT2D eigenvalue weighted by molar-refractivity contribution is 5.79. The van der Waals surface area contributed by atoms with Crippen LogP contribution in [0.25, 0.3) is 0 Å². The Morgan fingerprint density at radius 1 is 1.07 bits per heavy atom. The fourth-order valence-electron chi connectivity index (χ4n) is 4.05. The molecule has 2 rings (SSSR count). The summed E-state index contributed by atoms with van der Waals surface area (Å²) in [7, 11) is 1.85. The highest BCUT2D eigenvalue weighted by Crippen LogP contribution is 2.20. The van der Waals surface area contributed by atoms with Crippen LogP contribution in [0.3, 0.4) is 0 Å². The molecule has 0 aromatic carbocycles. The molecule has 2 N–H and O–H groups in total. The summed E-state index contributed by atoms with van der Waals surface area (Å²) in [6, 6.07) is 0. The predicted octanol–water partition coefficient (Wildman–Crippen LogP) is 2.16. The first-order chi connectivity index (χ1) is 13.2. The van der Waals surface area contributed by atoms with Crippen LogP contribution in [0.4, 0.5) is 0 Å². The Morgan fingerprint density at radius 3 is 2.44 bits per heavy atom. The molecule has 1 unspecified atom stereocenters. The van der Waals surface area contributed by atoms with Gasteiger partial charge in [-0.15, -0.1) is 0 Å². The highest BCUT2D eigenvalue weighted by Gasteiger charge is 2.17. The summed E-state index contributed by atoms with van der Waals surface area (Å²) in [5.41, 5.74) is 0. The Morgan fingerprint density at radius 2 is 1.78 bits per heavy atom. The maximum absolute atomic E-state index is 5.99. The molecule has 1 atom stereocenters. The number of nitrogens with zero attached hydrogens (tertiary/aromatic N) is 3. The highest BCUT2D eigenvalue weighted by atomic mass is 16.5. The first kappa shape index (κ1) is 22.4. The number of piperazine rings is 1. The van der Waals surface area contributed by atoms with Crippen molar-refractivity contribution in [1.82, 2.24) is 20.4 Å². The number of rotatable bonds is 10. The monoisotopic (exact) mass is 381 g/mol. The van der Waals surface area contributed by atoms with E-state index in [9.17, 15) is 0 Å². The van der Waals surface area contributed by atoms with Crippen LogP contribution in [0, 0.1) is 5.92 Å². The lowest BCUT2D eigenvalue weighted by Gasteiger charge is -2.35. The van der Waals surface area contributed by atoms with E-state index in [0.29, 0.717) is 12.0 Å². The zero-order valence-corrected chi connectivity index (χ0v) is 18.0. The van der Waals surface area contributed by atoms with Crippen LogP contribution in [0.15, 0.2) is 4.99 Å². The van der Waals surface area contributed by atoms with Gasteiger partial charge in [-0.1, -0.05) is 33.1 Å². The van der Waals surface area contributed by atoms with Crippen molar-refractivity contribution in [2.75, 3.05) is 66.0 Å². The van der Waals surface area contributed by atoms with Crippen LogP contribution in [0.5, 0.6) is 0 Å². The van der Waals surface area contributed by atoms with Gasteiger partial charge in [0.2, 0.25) is 0 Å². The SMILES string of the molecule is CCN1CCN(CC(C)CNC(=NC)NCCCOC2CCCCC2)CC1. The third kappa shape index (κ3) is 9.26. The van der Waals surface area contributed by atoms with Gasteiger partial charge in [0, 0.05) is 59.5 Å². The smallest absolute Gasteiger partial charge is 0.190 e. The van der Waals surface area contributed by atoms with Gasteiger partial charge in [-0.2, -0.15) is 0 Å². The number of aliphatic imine (C=N–C) groups is 1. The number of hydrogen-bond donors (Lipinski definition) is 2. The fourth-order valence-corrected chi connectivity index (χ4v) is 4.05. The molecule has 1 saturated heterocycles. The van der Waals surface area contributed by atoms with Gasteiger partial charge in [-0.05, 0) is 31.7 Å². The number of hydrogen-bond acceptors (Lipinski definition) is 4. The maximum Gasteiger partial charge on any atom is 0.190 e. The van der Waals surface area contributed by atoms with Crippen LogP contribution >= 0.6 is 0 Å². The maximum atomic E-state index is 5.99. The van der Waals surface area contributed by atoms with E-state index in [2.05, 4.69) is 39.3 Å². The van der Waals surface area contributed by atoms with Crippen molar-refractivity contribution in [1.29, 1.82) is 0 Å². The third-order valence-corrected chi connectivity index (χ3v) is 5.84. The summed E-state index contributed by atoms with van der Waals surface area (Å²) < 4.78 is 5.99. The number of ether oxygens (including phenoxy) is 1. The summed E-state index contributed by atoms with van der Waals surface area (Å²) in [6.45, 7) is 14.5. The molecule has 0 aromatic heterocycles. The minimum Gasteiger partial charge on any atom is -0.378 e. The van der Waals surface area contributed by atoms with Crippen molar-refractivity contribution in [2.45, 2.75) is 58.5 Å². The molecule has 0 aromatic rings. The molecular weight excluding hydrogens is 338 g/mol. The second kappa shape index (κ2) is 13.3. The Kier molecular flexibility index (Phi) is 11.1. The number of guanidine groups is 1. The fraction of sp³-hybridized carbons (Fsp3) is 0.952. The number of likely N-dealkylation sites (N-methyl/N-ethyl adjacent to an activating group) is 1. The Hall–Kier alpha value is -0.850.